The Balaban J connectivity index is 1.80. The number of aromatic nitrogens is 4. The SMILES string of the molecule is Cn1nnc(CC2(CN)CCOC2C2CC2)n1. The van der Waals surface area contributed by atoms with Crippen LogP contribution in [-0.2, 0) is 18.2 Å². The predicted octanol–water partition coefficient (Wildman–Crippen LogP) is -0.103. The van der Waals surface area contributed by atoms with Crippen molar-refractivity contribution in [2.75, 3.05) is 13.2 Å². The third kappa shape index (κ3) is 1.95. The molecule has 1 aromatic rings. The van der Waals surface area contributed by atoms with E-state index in [2.05, 4.69) is 15.4 Å². The number of rotatable bonds is 4. The van der Waals surface area contributed by atoms with E-state index in [-0.39, 0.29) is 5.41 Å². The van der Waals surface area contributed by atoms with Crippen molar-refractivity contribution >= 4 is 0 Å². The molecule has 0 bridgehead atoms. The molecular formula is C11H19N5O. The largest absolute Gasteiger partial charge is 0.377 e. The quantitative estimate of drug-likeness (QED) is 0.791. The van der Waals surface area contributed by atoms with E-state index < -0.39 is 0 Å². The van der Waals surface area contributed by atoms with Gasteiger partial charge in [0.25, 0.3) is 0 Å². The third-order valence-electron chi connectivity index (χ3n) is 4.02. The maximum absolute atomic E-state index is 6.02. The van der Waals surface area contributed by atoms with E-state index in [4.69, 9.17) is 10.5 Å². The lowest BCUT2D eigenvalue weighted by Crippen LogP contribution is -2.41. The maximum atomic E-state index is 6.02. The summed E-state index contributed by atoms with van der Waals surface area (Å²) in [6.07, 6.45) is 4.67. The maximum Gasteiger partial charge on any atom is 0.175 e. The van der Waals surface area contributed by atoms with Gasteiger partial charge >= 0.3 is 0 Å². The van der Waals surface area contributed by atoms with Crippen molar-refractivity contribution in [3.8, 4) is 0 Å². The Morgan fingerprint density at radius 3 is 2.94 bits per heavy atom. The molecule has 1 saturated carbocycles. The minimum atomic E-state index is 0.0319. The van der Waals surface area contributed by atoms with Gasteiger partial charge in [-0.05, 0) is 30.4 Å². The van der Waals surface area contributed by atoms with Crippen molar-refractivity contribution in [1.82, 2.24) is 20.2 Å². The molecule has 1 saturated heterocycles. The second-order valence-electron chi connectivity index (χ2n) is 5.32. The van der Waals surface area contributed by atoms with Gasteiger partial charge in [-0.2, -0.15) is 4.80 Å². The van der Waals surface area contributed by atoms with Gasteiger partial charge in [0.05, 0.1) is 13.2 Å². The highest BCUT2D eigenvalue weighted by Gasteiger charge is 2.50. The number of tetrazole rings is 1. The monoisotopic (exact) mass is 237 g/mol. The molecule has 1 aliphatic heterocycles. The van der Waals surface area contributed by atoms with Crippen LogP contribution >= 0.6 is 0 Å². The zero-order valence-electron chi connectivity index (χ0n) is 10.2. The van der Waals surface area contributed by atoms with Crippen LogP contribution in [-0.4, -0.2) is 39.5 Å². The minimum Gasteiger partial charge on any atom is -0.377 e. The molecule has 2 N–H and O–H groups in total. The van der Waals surface area contributed by atoms with E-state index in [0.29, 0.717) is 18.6 Å². The predicted molar refractivity (Wildman–Crippen MR) is 61.1 cm³/mol. The Morgan fingerprint density at radius 2 is 2.35 bits per heavy atom. The van der Waals surface area contributed by atoms with Gasteiger partial charge in [0, 0.05) is 25.0 Å². The molecule has 17 heavy (non-hydrogen) atoms. The molecule has 2 aliphatic rings. The average molecular weight is 237 g/mol. The smallest absolute Gasteiger partial charge is 0.175 e. The van der Waals surface area contributed by atoms with E-state index >= 15 is 0 Å². The first-order valence-corrected chi connectivity index (χ1v) is 6.28. The molecule has 2 heterocycles. The van der Waals surface area contributed by atoms with Gasteiger partial charge in [-0.15, -0.1) is 10.2 Å². The number of aryl methyl sites for hydroxylation is 1. The van der Waals surface area contributed by atoms with Crippen LogP contribution in [0.15, 0.2) is 0 Å². The number of nitrogens with zero attached hydrogens (tertiary/aromatic N) is 4. The van der Waals surface area contributed by atoms with Crippen molar-refractivity contribution in [2.45, 2.75) is 31.8 Å². The molecule has 94 valence electrons. The first kappa shape index (κ1) is 11.1. The van der Waals surface area contributed by atoms with Gasteiger partial charge in [0.2, 0.25) is 0 Å². The number of ether oxygens (including phenoxy) is 1. The number of nitrogens with two attached hydrogens (primary N) is 1. The van der Waals surface area contributed by atoms with Gasteiger partial charge in [-0.25, -0.2) is 0 Å². The van der Waals surface area contributed by atoms with E-state index in [9.17, 15) is 0 Å². The van der Waals surface area contributed by atoms with Gasteiger partial charge in [-0.3, -0.25) is 0 Å². The fourth-order valence-corrected chi connectivity index (χ4v) is 2.93. The lowest BCUT2D eigenvalue weighted by Gasteiger charge is -2.31. The van der Waals surface area contributed by atoms with Gasteiger partial charge < -0.3 is 10.5 Å². The summed E-state index contributed by atoms with van der Waals surface area (Å²) in [5.74, 6) is 1.49. The van der Waals surface area contributed by atoms with Crippen molar-refractivity contribution in [3.05, 3.63) is 5.82 Å². The van der Waals surface area contributed by atoms with Crippen LogP contribution in [0.3, 0.4) is 0 Å². The third-order valence-corrected chi connectivity index (χ3v) is 4.02. The second kappa shape index (κ2) is 4.03. The molecule has 1 aromatic heterocycles. The van der Waals surface area contributed by atoms with Crippen LogP contribution < -0.4 is 5.73 Å². The molecular weight excluding hydrogens is 218 g/mol. The van der Waals surface area contributed by atoms with Crippen LogP contribution in [0.2, 0.25) is 0 Å². The summed E-state index contributed by atoms with van der Waals surface area (Å²) in [5.41, 5.74) is 6.05. The summed E-state index contributed by atoms with van der Waals surface area (Å²) in [5, 5.41) is 12.2. The van der Waals surface area contributed by atoms with Crippen LogP contribution in [0.25, 0.3) is 0 Å². The van der Waals surface area contributed by atoms with Crippen LogP contribution in [0, 0.1) is 11.3 Å². The van der Waals surface area contributed by atoms with E-state index in [1.54, 1.807) is 7.05 Å². The van der Waals surface area contributed by atoms with Crippen LogP contribution in [0.4, 0.5) is 0 Å². The summed E-state index contributed by atoms with van der Waals surface area (Å²) in [6, 6.07) is 0. The second-order valence-corrected chi connectivity index (χ2v) is 5.32. The molecule has 6 heteroatoms. The fourth-order valence-electron chi connectivity index (χ4n) is 2.93. The summed E-state index contributed by atoms with van der Waals surface area (Å²) >= 11 is 0. The Morgan fingerprint density at radius 1 is 1.53 bits per heavy atom. The highest BCUT2D eigenvalue weighted by molar-refractivity contribution is 5.04. The highest BCUT2D eigenvalue weighted by atomic mass is 16.5. The standard InChI is InChI=1S/C11H19N5O/c1-16-14-9(13-15-16)6-11(7-12)4-5-17-10(11)8-2-3-8/h8,10H,2-7,12H2,1H3. The first-order valence-electron chi connectivity index (χ1n) is 6.28. The minimum absolute atomic E-state index is 0.0319. The Hall–Kier alpha value is -1.01. The molecule has 0 radical (unpaired) electrons. The summed E-state index contributed by atoms with van der Waals surface area (Å²) in [4.78, 5) is 1.50. The molecule has 1 aliphatic carbocycles. The van der Waals surface area contributed by atoms with E-state index in [1.807, 2.05) is 0 Å². The molecule has 0 aromatic carbocycles. The van der Waals surface area contributed by atoms with Crippen molar-refractivity contribution in [3.63, 3.8) is 0 Å². The Labute approximate surface area is 101 Å². The molecule has 3 rings (SSSR count). The lowest BCUT2D eigenvalue weighted by atomic mass is 9.76. The zero-order chi connectivity index (χ0) is 11.9. The topological polar surface area (TPSA) is 78.9 Å². The molecule has 2 atom stereocenters. The summed E-state index contributed by atoms with van der Waals surface area (Å²) in [7, 11) is 1.79. The molecule has 2 unspecified atom stereocenters. The van der Waals surface area contributed by atoms with Crippen molar-refractivity contribution in [2.24, 2.45) is 24.1 Å². The Kier molecular flexibility index (Phi) is 2.63. The van der Waals surface area contributed by atoms with Crippen molar-refractivity contribution in [1.29, 1.82) is 0 Å². The average Bonchev–Trinajstić information content (AvgIpc) is 2.96. The summed E-state index contributed by atoms with van der Waals surface area (Å²) < 4.78 is 5.90. The summed E-state index contributed by atoms with van der Waals surface area (Å²) in [6.45, 7) is 1.46. The van der Waals surface area contributed by atoms with Crippen molar-refractivity contribution < 1.29 is 4.74 Å². The van der Waals surface area contributed by atoms with Crippen LogP contribution in [0.1, 0.15) is 25.1 Å². The Bertz CT molecular complexity index is 402. The molecule has 0 amide bonds. The molecule has 0 spiro atoms. The zero-order valence-corrected chi connectivity index (χ0v) is 10.2. The van der Waals surface area contributed by atoms with Crippen LogP contribution in [0.5, 0.6) is 0 Å². The van der Waals surface area contributed by atoms with E-state index in [1.165, 1.54) is 17.6 Å². The highest BCUT2D eigenvalue weighted by Crippen LogP contribution is 2.48. The molecule has 6 nitrogen and oxygen atoms in total. The number of hydrogen-bond acceptors (Lipinski definition) is 5. The fraction of sp³-hybridized carbons (Fsp3) is 0.909. The van der Waals surface area contributed by atoms with Gasteiger partial charge in [0.1, 0.15) is 0 Å². The lowest BCUT2D eigenvalue weighted by molar-refractivity contribution is 0.0336. The molecule has 2 fully saturated rings. The van der Waals surface area contributed by atoms with Gasteiger partial charge in [-0.1, -0.05) is 0 Å². The number of hydrogen-bond donors (Lipinski definition) is 1. The van der Waals surface area contributed by atoms with E-state index in [0.717, 1.165) is 25.3 Å². The normalized spacial score (nSPS) is 33.2. The van der Waals surface area contributed by atoms with Gasteiger partial charge in [0.15, 0.2) is 5.82 Å². The first-order chi connectivity index (χ1) is 8.23.